The molecule has 1 rings (SSSR count). The smallest absolute Gasteiger partial charge is 0.273 e. The van der Waals surface area contributed by atoms with Crippen molar-refractivity contribution in [1.82, 2.24) is 14.8 Å². The molecule has 6 heteroatoms. The van der Waals surface area contributed by atoms with E-state index in [0.29, 0.717) is 18.8 Å². The molecule has 1 aromatic rings. The number of amides is 1. The predicted octanol–water partition coefficient (Wildman–Crippen LogP) is 1.80. The lowest BCUT2D eigenvalue weighted by atomic mass is 10.3. The largest absolute Gasteiger partial charge is 0.338 e. The zero-order valence-electron chi connectivity index (χ0n) is 12.8. The van der Waals surface area contributed by atoms with Gasteiger partial charge in [-0.15, -0.1) is 11.3 Å². The van der Waals surface area contributed by atoms with Gasteiger partial charge in [0.25, 0.3) is 5.91 Å². The van der Waals surface area contributed by atoms with Gasteiger partial charge in [-0.2, -0.15) is 0 Å². The van der Waals surface area contributed by atoms with Gasteiger partial charge >= 0.3 is 0 Å². The maximum atomic E-state index is 12.3. The Labute approximate surface area is 125 Å². The number of nitrogens with zero attached hydrogens (tertiary/aromatic N) is 3. The molecular weight excluding hydrogens is 272 g/mol. The summed E-state index contributed by atoms with van der Waals surface area (Å²) in [4.78, 5) is 20.8. The number of carbonyl (C=O) groups excluding carboxylic acids is 1. The molecule has 0 aliphatic heterocycles. The number of thiazole rings is 1. The van der Waals surface area contributed by atoms with Crippen molar-refractivity contribution in [2.45, 2.75) is 33.7 Å². The van der Waals surface area contributed by atoms with Gasteiger partial charge in [0.1, 0.15) is 10.7 Å². The molecule has 0 bridgehead atoms. The van der Waals surface area contributed by atoms with Crippen LogP contribution in [-0.2, 0) is 6.54 Å². The summed E-state index contributed by atoms with van der Waals surface area (Å²) in [5.74, 6) is 0.0167. The quantitative estimate of drug-likeness (QED) is 0.755. The monoisotopic (exact) mass is 298 g/mol. The Bertz CT molecular complexity index is 404. The maximum absolute atomic E-state index is 12.3. The number of hydrogen-bond donors (Lipinski definition) is 1. The molecule has 20 heavy (non-hydrogen) atoms. The number of rotatable bonds is 9. The molecule has 5 nitrogen and oxygen atoms in total. The van der Waals surface area contributed by atoms with Crippen LogP contribution in [0, 0.1) is 0 Å². The van der Waals surface area contributed by atoms with Crippen molar-refractivity contribution >= 4 is 17.2 Å². The lowest BCUT2D eigenvalue weighted by Crippen LogP contribution is -2.34. The highest BCUT2D eigenvalue weighted by Gasteiger charge is 2.17. The Morgan fingerprint density at radius 1 is 1.25 bits per heavy atom. The second-order valence-electron chi connectivity index (χ2n) is 4.60. The van der Waals surface area contributed by atoms with Crippen LogP contribution < -0.4 is 5.73 Å². The van der Waals surface area contributed by atoms with Crippen molar-refractivity contribution in [3.8, 4) is 0 Å². The summed E-state index contributed by atoms with van der Waals surface area (Å²) in [6, 6.07) is 0. The van der Waals surface area contributed by atoms with Gasteiger partial charge in [-0.3, -0.25) is 4.79 Å². The minimum atomic E-state index is 0.0167. The molecule has 0 aliphatic carbocycles. The Kier molecular flexibility index (Phi) is 7.72. The first-order chi connectivity index (χ1) is 9.65. The molecule has 0 aliphatic rings. The number of hydrogen-bond acceptors (Lipinski definition) is 5. The predicted molar refractivity (Wildman–Crippen MR) is 84.0 cm³/mol. The van der Waals surface area contributed by atoms with Crippen molar-refractivity contribution in [2.24, 2.45) is 5.73 Å². The molecule has 0 aromatic carbocycles. The van der Waals surface area contributed by atoms with E-state index in [1.54, 1.807) is 5.38 Å². The summed E-state index contributed by atoms with van der Waals surface area (Å²) in [5, 5.41) is 2.62. The summed E-state index contributed by atoms with van der Waals surface area (Å²) >= 11 is 1.45. The molecule has 0 radical (unpaired) electrons. The molecule has 0 spiro atoms. The third-order valence-electron chi connectivity index (χ3n) is 3.41. The standard InChI is InChI=1S/C14H26N4OS/c1-4-17(5-2)8-7-9-18(6-3)14(19)12-11-20-13(10-15)16-12/h11H,4-10,15H2,1-3H3. The fourth-order valence-corrected chi connectivity index (χ4v) is 2.74. The van der Waals surface area contributed by atoms with E-state index in [2.05, 4.69) is 23.7 Å². The molecular formula is C14H26N4OS. The van der Waals surface area contributed by atoms with Gasteiger partial charge in [0.15, 0.2) is 0 Å². The first-order valence-corrected chi connectivity index (χ1v) is 8.20. The van der Waals surface area contributed by atoms with Crippen LogP contribution in [0.25, 0.3) is 0 Å². The topological polar surface area (TPSA) is 62.5 Å². The van der Waals surface area contributed by atoms with Gasteiger partial charge in [-0.1, -0.05) is 13.8 Å². The number of nitrogens with two attached hydrogens (primary N) is 1. The maximum Gasteiger partial charge on any atom is 0.273 e. The third-order valence-corrected chi connectivity index (χ3v) is 4.28. The highest BCUT2D eigenvalue weighted by Crippen LogP contribution is 2.11. The fourth-order valence-electron chi connectivity index (χ4n) is 2.09. The van der Waals surface area contributed by atoms with Crippen molar-refractivity contribution in [3.05, 3.63) is 16.1 Å². The van der Waals surface area contributed by atoms with Gasteiger partial charge in [-0.25, -0.2) is 4.98 Å². The molecule has 1 amide bonds. The molecule has 0 atom stereocenters. The Morgan fingerprint density at radius 3 is 2.45 bits per heavy atom. The minimum absolute atomic E-state index is 0.0167. The summed E-state index contributed by atoms with van der Waals surface area (Å²) in [7, 11) is 0. The van der Waals surface area contributed by atoms with Crippen molar-refractivity contribution in [1.29, 1.82) is 0 Å². The second kappa shape index (κ2) is 9.05. The molecule has 114 valence electrons. The van der Waals surface area contributed by atoms with Crippen LogP contribution in [0.15, 0.2) is 5.38 Å². The second-order valence-corrected chi connectivity index (χ2v) is 5.54. The normalized spacial score (nSPS) is 11.1. The van der Waals surface area contributed by atoms with Gasteiger partial charge < -0.3 is 15.5 Å². The lowest BCUT2D eigenvalue weighted by molar-refractivity contribution is 0.0752. The zero-order chi connectivity index (χ0) is 15.0. The van der Waals surface area contributed by atoms with E-state index in [0.717, 1.165) is 37.6 Å². The molecule has 0 fully saturated rings. The average molecular weight is 298 g/mol. The van der Waals surface area contributed by atoms with Crippen molar-refractivity contribution < 1.29 is 4.79 Å². The van der Waals surface area contributed by atoms with E-state index in [4.69, 9.17) is 5.73 Å². The Hall–Kier alpha value is -0.980. The van der Waals surface area contributed by atoms with Gasteiger partial charge in [0, 0.05) is 25.0 Å². The zero-order valence-corrected chi connectivity index (χ0v) is 13.6. The van der Waals surface area contributed by atoms with Crippen LogP contribution in [0.4, 0.5) is 0 Å². The minimum Gasteiger partial charge on any atom is -0.338 e. The first kappa shape index (κ1) is 17.1. The first-order valence-electron chi connectivity index (χ1n) is 7.32. The molecule has 0 saturated carbocycles. The number of aromatic nitrogens is 1. The summed E-state index contributed by atoms with van der Waals surface area (Å²) in [6.45, 7) is 11.4. The summed E-state index contributed by atoms with van der Waals surface area (Å²) in [6.07, 6.45) is 0.995. The summed E-state index contributed by atoms with van der Waals surface area (Å²) < 4.78 is 0. The van der Waals surface area contributed by atoms with Gasteiger partial charge in [0.2, 0.25) is 0 Å². The highest BCUT2D eigenvalue weighted by atomic mass is 32.1. The SMILES string of the molecule is CCN(CC)CCCN(CC)C(=O)c1csc(CN)n1. The van der Waals surface area contributed by atoms with E-state index < -0.39 is 0 Å². The molecule has 1 heterocycles. The van der Waals surface area contributed by atoms with Crippen LogP contribution >= 0.6 is 11.3 Å². The lowest BCUT2D eigenvalue weighted by Gasteiger charge is -2.23. The number of carbonyl (C=O) groups is 1. The van der Waals surface area contributed by atoms with E-state index in [1.807, 2.05) is 11.8 Å². The fraction of sp³-hybridized carbons (Fsp3) is 0.714. The highest BCUT2D eigenvalue weighted by molar-refractivity contribution is 7.09. The van der Waals surface area contributed by atoms with Crippen LogP contribution in [-0.4, -0.2) is 53.4 Å². The van der Waals surface area contributed by atoms with E-state index in [-0.39, 0.29) is 5.91 Å². The Morgan fingerprint density at radius 2 is 1.95 bits per heavy atom. The molecule has 0 unspecified atom stereocenters. The van der Waals surface area contributed by atoms with Crippen molar-refractivity contribution in [2.75, 3.05) is 32.7 Å². The molecule has 0 saturated heterocycles. The van der Waals surface area contributed by atoms with Gasteiger partial charge in [-0.05, 0) is 33.0 Å². The third kappa shape index (κ3) is 4.85. The van der Waals surface area contributed by atoms with E-state index in [1.165, 1.54) is 11.3 Å². The van der Waals surface area contributed by atoms with E-state index >= 15 is 0 Å². The van der Waals surface area contributed by atoms with Crippen LogP contribution in [0.3, 0.4) is 0 Å². The van der Waals surface area contributed by atoms with Crippen molar-refractivity contribution in [3.63, 3.8) is 0 Å². The van der Waals surface area contributed by atoms with Gasteiger partial charge in [0.05, 0.1) is 0 Å². The van der Waals surface area contributed by atoms with Crippen LogP contribution in [0.5, 0.6) is 0 Å². The molecule has 1 aromatic heterocycles. The average Bonchev–Trinajstić information content (AvgIpc) is 2.96. The van der Waals surface area contributed by atoms with E-state index in [9.17, 15) is 4.79 Å². The summed E-state index contributed by atoms with van der Waals surface area (Å²) in [5.41, 5.74) is 6.06. The van der Waals surface area contributed by atoms with Crippen LogP contribution in [0.1, 0.15) is 42.7 Å². The van der Waals surface area contributed by atoms with Crippen LogP contribution in [0.2, 0.25) is 0 Å². The Balaban J connectivity index is 2.50. The molecule has 2 N–H and O–H groups in total.